The van der Waals surface area contributed by atoms with Crippen LogP contribution in [0.25, 0.3) is 0 Å². The second-order valence-electron chi connectivity index (χ2n) is 8.41. The molecule has 1 heterocycles. The summed E-state index contributed by atoms with van der Waals surface area (Å²) in [5.41, 5.74) is 15.0. The number of hydrogen-bond acceptors (Lipinski definition) is 4. The Hall–Kier alpha value is -2.62. The molecule has 2 aromatic carbocycles. The van der Waals surface area contributed by atoms with Gasteiger partial charge in [0.1, 0.15) is 11.1 Å². The smallest absolute Gasteiger partial charge is 0.121 e. The van der Waals surface area contributed by atoms with Crippen LogP contribution in [0.15, 0.2) is 70.9 Å². The lowest BCUT2D eigenvalue weighted by molar-refractivity contribution is 0.150. The van der Waals surface area contributed by atoms with E-state index in [1.807, 2.05) is 12.1 Å². The van der Waals surface area contributed by atoms with Gasteiger partial charge in [0.15, 0.2) is 0 Å². The molecule has 0 spiro atoms. The molecule has 1 aliphatic heterocycles. The van der Waals surface area contributed by atoms with E-state index >= 15 is 0 Å². The van der Waals surface area contributed by atoms with Gasteiger partial charge < -0.3 is 11.5 Å². The van der Waals surface area contributed by atoms with Crippen LogP contribution in [0.1, 0.15) is 31.4 Å². The average Bonchev–Trinajstić information content (AvgIpc) is 3.22. The van der Waals surface area contributed by atoms with Crippen molar-refractivity contribution in [2.45, 2.75) is 31.3 Å². The Balaban J connectivity index is 1.81. The monoisotopic (exact) mass is 344 g/mol. The van der Waals surface area contributed by atoms with Gasteiger partial charge in [-0.25, -0.2) is 0 Å². The minimum Gasteiger partial charge on any atom is -0.399 e. The number of fused-ring (bicyclic) bond motifs is 5. The lowest BCUT2D eigenvalue weighted by atomic mass is 9.61. The van der Waals surface area contributed by atoms with Crippen LogP contribution in [-0.4, -0.2) is 0 Å². The summed E-state index contributed by atoms with van der Waals surface area (Å²) >= 11 is 0. The Bertz CT molecular complexity index is 926. The molecule has 3 aliphatic rings. The number of azo groups is 1. The summed E-state index contributed by atoms with van der Waals surface area (Å²) in [4.78, 5) is 0. The molecule has 0 aromatic heterocycles. The van der Waals surface area contributed by atoms with E-state index in [1.165, 1.54) is 5.56 Å². The molecule has 2 aliphatic carbocycles. The average molecular weight is 344 g/mol. The Morgan fingerprint density at radius 3 is 2.23 bits per heavy atom. The Morgan fingerprint density at radius 2 is 1.54 bits per heavy atom. The van der Waals surface area contributed by atoms with Crippen molar-refractivity contribution < 1.29 is 0 Å². The third-order valence-electron chi connectivity index (χ3n) is 7.09. The number of hydrogen-bond donors (Lipinski definition) is 2. The summed E-state index contributed by atoms with van der Waals surface area (Å²) in [5, 5.41) is 10.0. The van der Waals surface area contributed by atoms with Crippen molar-refractivity contribution in [3.63, 3.8) is 0 Å². The second kappa shape index (κ2) is 4.76. The van der Waals surface area contributed by atoms with Crippen LogP contribution in [0.3, 0.4) is 0 Å². The van der Waals surface area contributed by atoms with Gasteiger partial charge >= 0.3 is 0 Å². The van der Waals surface area contributed by atoms with E-state index in [0.717, 1.165) is 12.0 Å². The first kappa shape index (κ1) is 15.6. The van der Waals surface area contributed by atoms with Crippen LogP contribution in [-0.2, 0) is 11.1 Å². The topological polar surface area (TPSA) is 76.8 Å². The predicted molar refractivity (Wildman–Crippen MR) is 104 cm³/mol. The van der Waals surface area contributed by atoms with Gasteiger partial charge in [-0.15, -0.1) is 0 Å². The first-order chi connectivity index (χ1) is 12.4. The lowest BCUT2D eigenvalue weighted by Gasteiger charge is -2.41. The van der Waals surface area contributed by atoms with Crippen molar-refractivity contribution in [2.75, 3.05) is 11.5 Å². The van der Waals surface area contributed by atoms with Gasteiger partial charge in [0.25, 0.3) is 0 Å². The van der Waals surface area contributed by atoms with Crippen LogP contribution in [0, 0.1) is 17.3 Å². The molecule has 1 saturated carbocycles. The van der Waals surface area contributed by atoms with Crippen molar-refractivity contribution in [3.8, 4) is 0 Å². The molecule has 132 valence electrons. The fourth-order valence-electron chi connectivity index (χ4n) is 6.07. The molecule has 1 fully saturated rings. The largest absolute Gasteiger partial charge is 0.399 e. The highest BCUT2D eigenvalue weighted by Gasteiger charge is 2.77. The molecule has 4 nitrogen and oxygen atoms in total. The maximum atomic E-state index is 6.15. The van der Waals surface area contributed by atoms with E-state index in [9.17, 15) is 0 Å². The fourth-order valence-corrected chi connectivity index (χ4v) is 6.07. The van der Waals surface area contributed by atoms with Crippen molar-refractivity contribution in [3.05, 3.63) is 71.8 Å². The number of nitrogens with zero attached hydrogens (tertiary/aromatic N) is 2. The van der Waals surface area contributed by atoms with E-state index < -0.39 is 5.54 Å². The Morgan fingerprint density at radius 1 is 0.885 bits per heavy atom. The molecule has 4 atom stereocenters. The predicted octanol–water partition coefficient (Wildman–Crippen LogP) is 4.64. The molecule has 4 N–H and O–H groups in total. The zero-order valence-electron chi connectivity index (χ0n) is 15.2. The van der Waals surface area contributed by atoms with Crippen LogP contribution in [0.4, 0.5) is 11.4 Å². The minimum absolute atomic E-state index is 0.193. The summed E-state index contributed by atoms with van der Waals surface area (Å²) in [6.07, 6.45) is 5.67. The molecule has 0 radical (unpaired) electrons. The van der Waals surface area contributed by atoms with Crippen molar-refractivity contribution in [1.82, 2.24) is 0 Å². The van der Waals surface area contributed by atoms with Gasteiger partial charge in [0, 0.05) is 28.6 Å². The third kappa shape index (κ3) is 1.52. The van der Waals surface area contributed by atoms with E-state index in [-0.39, 0.29) is 11.0 Å². The number of nitrogen functional groups attached to an aromatic ring is 2. The summed E-state index contributed by atoms with van der Waals surface area (Å²) in [6.45, 7) is 4.62. The summed E-state index contributed by atoms with van der Waals surface area (Å²) in [7, 11) is 0. The quantitative estimate of drug-likeness (QED) is 0.615. The first-order valence-corrected chi connectivity index (χ1v) is 9.26. The summed E-state index contributed by atoms with van der Waals surface area (Å²) < 4.78 is 0. The highest BCUT2D eigenvalue weighted by atomic mass is 15.3. The molecular formula is C22H24N4. The molecule has 2 aromatic rings. The standard InChI is InChI=1S/C22H24N4/c1-20(2)21(14-7-4-3-5-8-14)18-9-6-10-19(18)22(20,26-25-21)15-11-16(23)13-17(24)12-15/h3-8,10-13,18-19H,9,23-24H2,1-2H3/t18-,19+,21-,22+/m1/s1. The van der Waals surface area contributed by atoms with Gasteiger partial charge in [0.05, 0.1) is 0 Å². The normalized spacial score (nSPS) is 35.8. The molecular weight excluding hydrogens is 320 g/mol. The van der Waals surface area contributed by atoms with Gasteiger partial charge in [-0.3, -0.25) is 0 Å². The molecule has 2 bridgehead atoms. The fraction of sp³-hybridized carbons (Fsp3) is 0.364. The van der Waals surface area contributed by atoms with Gasteiger partial charge in [0.2, 0.25) is 0 Å². The van der Waals surface area contributed by atoms with Crippen molar-refractivity contribution >= 4 is 11.4 Å². The molecule has 4 heteroatoms. The van der Waals surface area contributed by atoms with Gasteiger partial charge in [-0.1, -0.05) is 56.3 Å². The van der Waals surface area contributed by atoms with Crippen LogP contribution >= 0.6 is 0 Å². The lowest BCUT2D eigenvalue weighted by Crippen LogP contribution is -2.44. The maximum Gasteiger partial charge on any atom is 0.121 e. The third-order valence-corrected chi connectivity index (χ3v) is 7.09. The van der Waals surface area contributed by atoms with Crippen LogP contribution < -0.4 is 11.5 Å². The van der Waals surface area contributed by atoms with Crippen molar-refractivity contribution in [2.24, 2.45) is 27.5 Å². The van der Waals surface area contributed by atoms with E-state index in [2.05, 4.69) is 56.3 Å². The Kier molecular flexibility index (Phi) is 2.86. The zero-order chi connectivity index (χ0) is 18.2. The minimum atomic E-state index is -0.440. The van der Waals surface area contributed by atoms with E-state index in [4.69, 9.17) is 21.7 Å². The molecule has 0 unspecified atom stereocenters. The SMILES string of the molecule is CC1(C)[C@]2(c3ccccc3)N=N[C@@]1(c1cc(N)cc(N)c1)[C@H]1C=CC[C@H]12. The van der Waals surface area contributed by atoms with Crippen LogP contribution in [0.2, 0.25) is 0 Å². The van der Waals surface area contributed by atoms with E-state index in [0.29, 0.717) is 23.2 Å². The number of anilines is 2. The Labute approximate surface area is 154 Å². The molecule has 0 saturated heterocycles. The highest BCUT2D eigenvalue weighted by Crippen LogP contribution is 2.76. The number of nitrogens with two attached hydrogens (primary N) is 2. The number of benzene rings is 2. The number of rotatable bonds is 2. The maximum absolute atomic E-state index is 6.15. The summed E-state index contributed by atoms with van der Waals surface area (Å²) in [5.74, 6) is 0.705. The van der Waals surface area contributed by atoms with Gasteiger partial charge in [-0.05, 0) is 35.7 Å². The van der Waals surface area contributed by atoms with E-state index in [1.54, 1.807) is 6.07 Å². The van der Waals surface area contributed by atoms with Crippen LogP contribution in [0.5, 0.6) is 0 Å². The molecule has 5 rings (SSSR count). The molecule has 26 heavy (non-hydrogen) atoms. The van der Waals surface area contributed by atoms with Gasteiger partial charge in [-0.2, -0.15) is 10.2 Å². The second-order valence-corrected chi connectivity index (χ2v) is 8.41. The summed E-state index contributed by atoms with van der Waals surface area (Å²) in [6, 6.07) is 16.5. The first-order valence-electron chi connectivity index (χ1n) is 9.26. The number of allylic oxidation sites excluding steroid dienone is 1. The highest BCUT2D eigenvalue weighted by molar-refractivity contribution is 5.59. The zero-order valence-corrected chi connectivity index (χ0v) is 15.2. The van der Waals surface area contributed by atoms with Crippen molar-refractivity contribution in [1.29, 1.82) is 0 Å². The molecule has 0 amide bonds.